The van der Waals surface area contributed by atoms with Gasteiger partial charge in [-0.15, -0.1) is 0 Å². The van der Waals surface area contributed by atoms with Crippen LogP contribution in [-0.2, 0) is 5.92 Å². The molecule has 0 aliphatic heterocycles. The topological polar surface area (TPSA) is 29.3 Å². The third-order valence-electron chi connectivity index (χ3n) is 5.03. The first-order valence-electron chi connectivity index (χ1n) is 7.74. The summed E-state index contributed by atoms with van der Waals surface area (Å²) in [7, 11) is 1.79. The Morgan fingerprint density at radius 3 is 2.33 bits per heavy atom. The average molecular weight is 296 g/mol. The standard InChI is InChI=1S/C17H26F2N2/c1-14-8-10-16(12-20,11-9-14)21(2)13-17(18,19)15-6-4-3-5-7-15/h3-7,14H,8-13,20H2,1-2H3. The largest absolute Gasteiger partial charge is 0.329 e. The van der Waals surface area contributed by atoms with Gasteiger partial charge in [0.15, 0.2) is 0 Å². The van der Waals surface area contributed by atoms with Gasteiger partial charge in [-0.2, -0.15) is 8.78 Å². The lowest BCUT2D eigenvalue weighted by molar-refractivity contribution is -0.0666. The molecule has 21 heavy (non-hydrogen) atoms. The molecule has 0 atom stereocenters. The van der Waals surface area contributed by atoms with Crippen molar-refractivity contribution in [1.82, 2.24) is 4.90 Å². The van der Waals surface area contributed by atoms with Gasteiger partial charge in [-0.1, -0.05) is 37.3 Å². The molecule has 1 saturated carbocycles. The molecule has 2 rings (SSSR count). The molecule has 1 aromatic carbocycles. The fourth-order valence-corrected chi connectivity index (χ4v) is 3.28. The van der Waals surface area contributed by atoms with Gasteiger partial charge in [-0.3, -0.25) is 4.90 Å². The molecule has 0 aromatic heterocycles. The number of benzene rings is 1. The van der Waals surface area contributed by atoms with Crippen molar-refractivity contribution in [3.63, 3.8) is 0 Å². The lowest BCUT2D eigenvalue weighted by Crippen LogP contribution is -2.56. The van der Waals surface area contributed by atoms with Gasteiger partial charge in [-0.05, 0) is 38.6 Å². The molecule has 0 unspecified atom stereocenters. The van der Waals surface area contributed by atoms with Crippen LogP contribution in [-0.4, -0.2) is 30.6 Å². The van der Waals surface area contributed by atoms with Crippen LogP contribution in [0.4, 0.5) is 8.78 Å². The maximum Gasteiger partial charge on any atom is 0.285 e. The van der Waals surface area contributed by atoms with Gasteiger partial charge in [0.2, 0.25) is 0 Å². The molecule has 0 bridgehead atoms. The molecule has 0 radical (unpaired) electrons. The van der Waals surface area contributed by atoms with Crippen LogP contribution in [0.2, 0.25) is 0 Å². The summed E-state index contributed by atoms with van der Waals surface area (Å²) < 4.78 is 28.9. The highest BCUT2D eigenvalue weighted by molar-refractivity contribution is 5.20. The van der Waals surface area contributed by atoms with E-state index in [9.17, 15) is 8.78 Å². The van der Waals surface area contributed by atoms with E-state index >= 15 is 0 Å². The van der Waals surface area contributed by atoms with Gasteiger partial charge in [-0.25, -0.2) is 0 Å². The minimum Gasteiger partial charge on any atom is -0.329 e. The Morgan fingerprint density at radius 2 is 1.81 bits per heavy atom. The maximum atomic E-state index is 14.5. The molecule has 4 heteroatoms. The third-order valence-corrected chi connectivity index (χ3v) is 5.03. The van der Waals surface area contributed by atoms with E-state index in [0.717, 1.165) is 25.7 Å². The molecule has 0 amide bonds. The molecule has 118 valence electrons. The van der Waals surface area contributed by atoms with Crippen LogP contribution < -0.4 is 5.73 Å². The predicted octanol–water partition coefficient (Wildman–Crippen LogP) is 3.62. The summed E-state index contributed by atoms with van der Waals surface area (Å²) in [5, 5.41) is 0. The Bertz CT molecular complexity index is 439. The Balaban J connectivity index is 2.10. The van der Waals surface area contributed by atoms with E-state index < -0.39 is 5.92 Å². The smallest absolute Gasteiger partial charge is 0.285 e. The molecule has 1 aromatic rings. The molecule has 1 aliphatic carbocycles. The lowest BCUT2D eigenvalue weighted by Gasteiger charge is -2.46. The van der Waals surface area contributed by atoms with Crippen molar-refractivity contribution in [3.05, 3.63) is 35.9 Å². The molecule has 2 nitrogen and oxygen atoms in total. The minimum atomic E-state index is -2.85. The number of rotatable bonds is 5. The average Bonchev–Trinajstić information content (AvgIpc) is 2.49. The van der Waals surface area contributed by atoms with Gasteiger partial charge >= 0.3 is 0 Å². The number of hydrogen-bond acceptors (Lipinski definition) is 2. The van der Waals surface area contributed by atoms with Gasteiger partial charge in [0.25, 0.3) is 5.92 Å². The van der Waals surface area contributed by atoms with E-state index in [2.05, 4.69) is 6.92 Å². The SMILES string of the molecule is CC1CCC(CN)(N(C)CC(F)(F)c2ccccc2)CC1. The van der Waals surface area contributed by atoms with Crippen LogP contribution in [0.25, 0.3) is 0 Å². The molecule has 2 N–H and O–H groups in total. The highest BCUT2D eigenvalue weighted by atomic mass is 19.3. The van der Waals surface area contributed by atoms with E-state index in [4.69, 9.17) is 5.73 Å². The van der Waals surface area contributed by atoms with Crippen molar-refractivity contribution in [2.24, 2.45) is 11.7 Å². The normalized spacial score (nSPS) is 27.0. The van der Waals surface area contributed by atoms with E-state index in [1.807, 2.05) is 0 Å². The Kier molecular flexibility index (Phi) is 4.99. The lowest BCUT2D eigenvalue weighted by atomic mass is 9.76. The summed E-state index contributed by atoms with van der Waals surface area (Å²) in [6.07, 6.45) is 3.95. The fraction of sp³-hybridized carbons (Fsp3) is 0.647. The molecule has 0 saturated heterocycles. The van der Waals surface area contributed by atoms with Crippen LogP contribution in [0.15, 0.2) is 30.3 Å². The second-order valence-electron chi connectivity index (χ2n) is 6.54. The number of hydrogen-bond donors (Lipinski definition) is 1. The van der Waals surface area contributed by atoms with Crippen LogP contribution in [0.1, 0.15) is 38.2 Å². The van der Waals surface area contributed by atoms with E-state index in [0.29, 0.717) is 12.5 Å². The first kappa shape index (κ1) is 16.4. The minimum absolute atomic E-state index is 0.0770. The van der Waals surface area contributed by atoms with E-state index in [1.54, 1.807) is 30.1 Å². The fourth-order valence-electron chi connectivity index (χ4n) is 3.28. The van der Waals surface area contributed by atoms with Crippen molar-refractivity contribution >= 4 is 0 Å². The number of nitrogens with zero attached hydrogens (tertiary/aromatic N) is 1. The number of nitrogens with two attached hydrogens (primary N) is 1. The zero-order valence-electron chi connectivity index (χ0n) is 13.0. The summed E-state index contributed by atoms with van der Waals surface area (Å²) >= 11 is 0. The molecule has 0 heterocycles. The molecular weight excluding hydrogens is 270 g/mol. The van der Waals surface area contributed by atoms with Crippen LogP contribution in [0.3, 0.4) is 0 Å². The summed E-state index contributed by atoms with van der Waals surface area (Å²) in [5.41, 5.74) is 5.76. The van der Waals surface area contributed by atoms with Gasteiger partial charge in [0, 0.05) is 17.6 Å². The number of likely N-dealkylation sites (N-methyl/N-ethyl adjacent to an activating group) is 1. The highest BCUT2D eigenvalue weighted by Gasteiger charge is 2.42. The van der Waals surface area contributed by atoms with E-state index in [-0.39, 0.29) is 17.6 Å². The Hall–Kier alpha value is -1.00. The summed E-state index contributed by atoms with van der Waals surface area (Å²) in [6.45, 7) is 2.39. The first-order valence-corrected chi connectivity index (χ1v) is 7.74. The summed E-state index contributed by atoms with van der Waals surface area (Å²) in [6, 6.07) is 8.06. The second-order valence-corrected chi connectivity index (χ2v) is 6.54. The molecule has 1 fully saturated rings. The Morgan fingerprint density at radius 1 is 1.24 bits per heavy atom. The van der Waals surface area contributed by atoms with Gasteiger partial charge < -0.3 is 5.73 Å². The number of alkyl halides is 2. The first-order chi connectivity index (χ1) is 9.89. The van der Waals surface area contributed by atoms with Crippen molar-refractivity contribution in [2.45, 2.75) is 44.1 Å². The van der Waals surface area contributed by atoms with Crippen LogP contribution >= 0.6 is 0 Å². The summed E-state index contributed by atoms with van der Waals surface area (Å²) in [5.74, 6) is -2.17. The Labute approximate surface area is 126 Å². The van der Waals surface area contributed by atoms with Crippen LogP contribution in [0, 0.1) is 5.92 Å². The number of halogens is 2. The van der Waals surface area contributed by atoms with Crippen molar-refractivity contribution < 1.29 is 8.78 Å². The van der Waals surface area contributed by atoms with Gasteiger partial charge in [0.05, 0.1) is 6.54 Å². The zero-order valence-corrected chi connectivity index (χ0v) is 13.0. The molecule has 1 aliphatic rings. The second kappa shape index (κ2) is 6.41. The van der Waals surface area contributed by atoms with Crippen molar-refractivity contribution in [2.75, 3.05) is 20.1 Å². The highest BCUT2D eigenvalue weighted by Crippen LogP contribution is 2.38. The monoisotopic (exact) mass is 296 g/mol. The quantitative estimate of drug-likeness (QED) is 0.899. The van der Waals surface area contributed by atoms with Crippen molar-refractivity contribution in [1.29, 1.82) is 0 Å². The van der Waals surface area contributed by atoms with Crippen LogP contribution in [0.5, 0.6) is 0 Å². The summed E-state index contributed by atoms with van der Waals surface area (Å²) in [4.78, 5) is 1.80. The van der Waals surface area contributed by atoms with E-state index in [1.165, 1.54) is 12.1 Å². The zero-order chi connectivity index (χ0) is 15.5. The van der Waals surface area contributed by atoms with Gasteiger partial charge in [0.1, 0.15) is 0 Å². The third kappa shape index (κ3) is 3.61. The molecule has 0 spiro atoms. The maximum absolute atomic E-state index is 14.5. The molecular formula is C17H26F2N2. The van der Waals surface area contributed by atoms with Crippen molar-refractivity contribution in [3.8, 4) is 0 Å². The predicted molar refractivity (Wildman–Crippen MR) is 82.4 cm³/mol.